The standard InChI is InChI=1S/C23H18ClNO4S2/c1-30(26,27)20-10-6-9-18-17(11-12-25-23(18)20)19-13-16(15-7-4-3-5-8-15)14-21(22(19)24)31(2,28)29/h3-14H,1-2H3. The van der Waals surface area contributed by atoms with Crippen LogP contribution in [0.1, 0.15) is 0 Å². The van der Waals surface area contributed by atoms with E-state index in [0.29, 0.717) is 27.6 Å². The second-order valence-electron chi connectivity index (χ2n) is 7.26. The first-order valence-electron chi connectivity index (χ1n) is 9.24. The number of fused-ring (bicyclic) bond motifs is 1. The number of para-hydroxylation sites is 1. The molecule has 0 aliphatic rings. The van der Waals surface area contributed by atoms with Gasteiger partial charge in [0.1, 0.15) is 0 Å². The smallest absolute Gasteiger partial charge is 0.177 e. The molecule has 158 valence electrons. The van der Waals surface area contributed by atoms with Gasteiger partial charge in [-0.25, -0.2) is 16.8 Å². The van der Waals surface area contributed by atoms with Crippen LogP contribution in [0, 0.1) is 0 Å². The largest absolute Gasteiger partial charge is 0.255 e. The van der Waals surface area contributed by atoms with E-state index in [0.717, 1.165) is 18.1 Å². The van der Waals surface area contributed by atoms with Gasteiger partial charge in [0.15, 0.2) is 19.7 Å². The van der Waals surface area contributed by atoms with E-state index in [1.165, 1.54) is 12.3 Å². The maximum absolute atomic E-state index is 12.5. The molecule has 0 bridgehead atoms. The normalized spacial score (nSPS) is 12.2. The van der Waals surface area contributed by atoms with E-state index in [1.54, 1.807) is 24.3 Å². The summed E-state index contributed by atoms with van der Waals surface area (Å²) in [6.45, 7) is 0. The maximum Gasteiger partial charge on any atom is 0.177 e. The lowest BCUT2D eigenvalue weighted by molar-refractivity contribution is 0.600. The molecule has 3 aromatic carbocycles. The average Bonchev–Trinajstić information content (AvgIpc) is 2.72. The Bertz CT molecular complexity index is 1530. The number of sulfone groups is 2. The molecular formula is C23H18ClNO4S2. The summed E-state index contributed by atoms with van der Waals surface area (Å²) in [6, 6.07) is 19.3. The molecule has 0 aliphatic heterocycles. The first-order valence-corrected chi connectivity index (χ1v) is 13.4. The minimum atomic E-state index is -3.62. The van der Waals surface area contributed by atoms with E-state index in [2.05, 4.69) is 4.98 Å². The topological polar surface area (TPSA) is 81.2 Å². The Morgan fingerprint density at radius 2 is 1.39 bits per heavy atom. The molecule has 0 spiro atoms. The van der Waals surface area contributed by atoms with Gasteiger partial charge in [-0.3, -0.25) is 4.98 Å². The molecule has 1 aromatic heterocycles. The molecule has 4 aromatic rings. The van der Waals surface area contributed by atoms with Crippen LogP contribution in [-0.4, -0.2) is 34.3 Å². The molecule has 0 unspecified atom stereocenters. The van der Waals surface area contributed by atoms with E-state index in [-0.39, 0.29) is 14.8 Å². The Balaban J connectivity index is 2.11. The highest BCUT2D eigenvalue weighted by atomic mass is 35.5. The van der Waals surface area contributed by atoms with E-state index in [1.807, 2.05) is 36.4 Å². The van der Waals surface area contributed by atoms with Gasteiger partial charge in [0.05, 0.1) is 20.3 Å². The van der Waals surface area contributed by atoms with Crippen LogP contribution < -0.4 is 0 Å². The predicted molar refractivity (Wildman–Crippen MR) is 124 cm³/mol. The zero-order valence-corrected chi connectivity index (χ0v) is 19.1. The minimum absolute atomic E-state index is 0.00903. The van der Waals surface area contributed by atoms with Crippen molar-refractivity contribution in [1.82, 2.24) is 4.98 Å². The lowest BCUT2D eigenvalue weighted by Crippen LogP contribution is -2.02. The Morgan fingerprint density at radius 3 is 2.03 bits per heavy atom. The van der Waals surface area contributed by atoms with Crippen LogP contribution in [0.25, 0.3) is 33.2 Å². The maximum atomic E-state index is 12.5. The fourth-order valence-electron chi connectivity index (χ4n) is 3.54. The van der Waals surface area contributed by atoms with Crippen LogP contribution >= 0.6 is 11.6 Å². The molecule has 4 rings (SSSR count). The minimum Gasteiger partial charge on any atom is -0.255 e. The van der Waals surface area contributed by atoms with Crippen LogP contribution in [0.3, 0.4) is 0 Å². The number of hydrogen-bond acceptors (Lipinski definition) is 5. The first-order chi connectivity index (χ1) is 14.6. The monoisotopic (exact) mass is 471 g/mol. The molecule has 0 amide bonds. The second-order valence-corrected chi connectivity index (χ2v) is 11.6. The van der Waals surface area contributed by atoms with Gasteiger partial charge in [0.25, 0.3) is 0 Å². The van der Waals surface area contributed by atoms with Crippen molar-refractivity contribution < 1.29 is 16.8 Å². The summed E-state index contributed by atoms with van der Waals surface area (Å²) in [5, 5.41) is 0.649. The predicted octanol–water partition coefficient (Wildman–Crippen LogP) is 5.03. The van der Waals surface area contributed by atoms with Crippen LogP contribution in [0.4, 0.5) is 0 Å². The third kappa shape index (κ3) is 4.08. The Kier molecular flexibility index (Phi) is 5.37. The van der Waals surface area contributed by atoms with Crippen molar-refractivity contribution in [1.29, 1.82) is 0 Å². The highest BCUT2D eigenvalue weighted by Crippen LogP contribution is 2.40. The molecule has 0 N–H and O–H groups in total. The molecule has 0 aliphatic carbocycles. The molecule has 0 fully saturated rings. The van der Waals surface area contributed by atoms with Crippen LogP contribution in [-0.2, 0) is 19.7 Å². The third-order valence-corrected chi connectivity index (χ3v) is 7.74. The van der Waals surface area contributed by atoms with Crippen molar-refractivity contribution in [2.45, 2.75) is 9.79 Å². The number of aromatic nitrogens is 1. The van der Waals surface area contributed by atoms with E-state index < -0.39 is 19.7 Å². The van der Waals surface area contributed by atoms with Crippen LogP contribution in [0.15, 0.2) is 82.7 Å². The number of benzene rings is 3. The lowest BCUT2D eigenvalue weighted by Gasteiger charge is -2.15. The van der Waals surface area contributed by atoms with Gasteiger partial charge in [-0.1, -0.05) is 54.1 Å². The zero-order chi connectivity index (χ0) is 22.4. The van der Waals surface area contributed by atoms with Crippen molar-refractivity contribution in [2.24, 2.45) is 0 Å². The molecule has 5 nitrogen and oxygen atoms in total. The summed E-state index contributed by atoms with van der Waals surface area (Å²) in [4.78, 5) is 4.39. The van der Waals surface area contributed by atoms with Gasteiger partial charge in [-0.2, -0.15) is 0 Å². The summed E-state index contributed by atoms with van der Waals surface area (Å²) in [5.74, 6) is 0. The van der Waals surface area contributed by atoms with E-state index in [9.17, 15) is 16.8 Å². The molecule has 0 saturated heterocycles. The van der Waals surface area contributed by atoms with Gasteiger partial charge in [0, 0.05) is 29.7 Å². The number of pyridine rings is 1. The van der Waals surface area contributed by atoms with Gasteiger partial charge < -0.3 is 0 Å². The lowest BCUT2D eigenvalue weighted by atomic mass is 9.97. The van der Waals surface area contributed by atoms with Crippen molar-refractivity contribution in [2.75, 3.05) is 12.5 Å². The molecular weight excluding hydrogens is 454 g/mol. The fraction of sp³-hybridized carbons (Fsp3) is 0.0870. The highest BCUT2D eigenvalue weighted by molar-refractivity contribution is 7.91. The van der Waals surface area contributed by atoms with Crippen molar-refractivity contribution in [3.05, 3.63) is 77.9 Å². The quantitative estimate of drug-likeness (QED) is 0.417. The summed E-state index contributed by atoms with van der Waals surface area (Å²) >= 11 is 6.60. The summed E-state index contributed by atoms with van der Waals surface area (Å²) in [5.41, 5.74) is 2.92. The summed E-state index contributed by atoms with van der Waals surface area (Å²) < 4.78 is 49.5. The zero-order valence-electron chi connectivity index (χ0n) is 16.7. The van der Waals surface area contributed by atoms with E-state index in [4.69, 9.17) is 11.6 Å². The van der Waals surface area contributed by atoms with Gasteiger partial charge in [-0.15, -0.1) is 0 Å². The summed E-state index contributed by atoms with van der Waals surface area (Å²) in [6.07, 6.45) is 3.73. The molecule has 0 atom stereocenters. The first kappa shape index (κ1) is 21.5. The Morgan fingerprint density at radius 1 is 0.710 bits per heavy atom. The Labute approximate surface area is 186 Å². The van der Waals surface area contributed by atoms with Gasteiger partial charge in [0.2, 0.25) is 0 Å². The van der Waals surface area contributed by atoms with Crippen LogP contribution in [0.2, 0.25) is 5.02 Å². The van der Waals surface area contributed by atoms with Crippen molar-refractivity contribution >= 4 is 42.2 Å². The molecule has 8 heteroatoms. The molecule has 31 heavy (non-hydrogen) atoms. The van der Waals surface area contributed by atoms with Crippen molar-refractivity contribution in [3.8, 4) is 22.3 Å². The SMILES string of the molecule is CS(=O)(=O)c1cc(-c2ccccc2)cc(-c2ccnc3c(S(C)(=O)=O)cccc23)c1Cl. The molecule has 0 radical (unpaired) electrons. The number of rotatable bonds is 4. The average molecular weight is 472 g/mol. The second kappa shape index (κ2) is 7.75. The van der Waals surface area contributed by atoms with Crippen molar-refractivity contribution in [3.63, 3.8) is 0 Å². The number of halogens is 1. The van der Waals surface area contributed by atoms with Crippen LogP contribution in [0.5, 0.6) is 0 Å². The number of nitrogens with zero attached hydrogens (tertiary/aromatic N) is 1. The summed E-state index contributed by atoms with van der Waals surface area (Å²) in [7, 11) is -7.14. The molecule has 0 saturated carbocycles. The fourth-order valence-corrected chi connectivity index (χ4v) is 5.79. The highest BCUT2D eigenvalue weighted by Gasteiger charge is 2.21. The number of hydrogen-bond donors (Lipinski definition) is 0. The van der Waals surface area contributed by atoms with Gasteiger partial charge in [-0.05, 0) is 41.0 Å². The third-order valence-electron chi connectivity index (χ3n) is 4.97. The van der Waals surface area contributed by atoms with E-state index >= 15 is 0 Å². The molecule has 1 heterocycles. The van der Waals surface area contributed by atoms with Gasteiger partial charge >= 0.3 is 0 Å². The Hall–Kier alpha value is -2.74.